The summed E-state index contributed by atoms with van der Waals surface area (Å²) in [5.74, 6) is -0.954. The van der Waals surface area contributed by atoms with Crippen molar-refractivity contribution in [3.05, 3.63) is 54.1 Å². The average molecular weight is 231 g/mol. The number of hydrogen-bond acceptors (Lipinski definition) is 3. The predicted molar refractivity (Wildman–Crippen MR) is 63.7 cm³/mol. The second kappa shape index (κ2) is 4.07. The number of carboxylic acid groups (broad SMARTS) is 1. The number of phenols is 1. The fraction of sp³-hybridized carbons (Fsp3) is 0.154. The first-order chi connectivity index (χ1) is 8.01. The number of benzene rings is 1. The summed E-state index contributed by atoms with van der Waals surface area (Å²) in [4.78, 5) is 10.9. The molecule has 4 N–H and O–H groups in total. The number of aromatic hydroxyl groups is 1. The fourth-order valence-electron chi connectivity index (χ4n) is 1.74. The third kappa shape index (κ3) is 2.21. The smallest absolute Gasteiger partial charge is 0.331 e. The Morgan fingerprint density at radius 2 is 1.94 bits per heavy atom. The second-order valence-electron chi connectivity index (χ2n) is 4.08. The predicted octanol–water partition coefficient (Wildman–Crippen LogP) is 1.38. The summed E-state index contributed by atoms with van der Waals surface area (Å²) in [5.41, 5.74) is 5.12. The van der Waals surface area contributed by atoms with Crippen molar-refractivity contribution in [2.75, 3.05) is 0 Å². The maximum absolute atomic E-state index is 10.9. The summed E-state index contributed by atoms with van der Waals surface area (Å²) in [6.45, 7) is 0. The lowest BCUT2D eigenvalue weighted by molar-refractivity contribution is -0.139. The summed E-state index contributed by atoms with van der Waals surface area (Å²) in [6.07, 6.45) is 6.37. The molecule has 0 amide bonds. The molecular formula is C13H13NO3. The molecule has 1 aliphatic rings. The Labute approximate surface area is 98.7 Å². The van der Waals surface area contributed by atoms with Gasteiger partial charge < -0.3 is 15.9 Å². The highest BCUT2D eigenvalue weighted by Crippen LogP contribution is 2.27. The largest absolute Gasteiger partial charge is 0.508 e. The Morgan fingerprint density at radius 1 is 1.29 bits per heavy atom. The van der Waals surface area contributed by atoms with Crippen LogP contribution in [0.5, 0.6) is 5.75 Å². The minimum atomic E-state index is -1.42. The van der Waals surface area contributed by atoms with Crippen molar-refractivity contribution in [1.82, 2.24) is 0 Å². The van der Waals surface area contributed by atoms with E-state index in [1.165, 1.54) is 12.2 Å². The lowest BCUT2D eigenvalue weighted by Gasteiger charge is -2.22. The quantitative estimate of drug-likeness (QED) is 0.671. The van der Waals surface area contributed by atoms with E-state index >= 15 is 0 Å². The van der Waals surface area contributed by atoms with Gasteiger partial charge in [0.1, 0.15) is 5.75 Å². The molecule has 88 valence electrons. The first kappa shape index (κ1) is 11.4. The first-order valence-electron chi connectivity index (χ1n) is 5.21. The van der Waals surface area contributed by atoms with Gasteiger partial charge in [0.15, 0.2) is 5.54 Å². The highest BCUT2D eigenvalue weighted by atomic mass is 16.4. The van der Waals surface area contributed by atoms with E-state index < -0.39 is 11.5 Å². The Hall–Kier alpha value is -2.07. The summed E-state index contributed by atoms with van der Waals surface area (Å²) in [6, 6.07) is 6.84. The molecule has 0 saturated heterocycles. The SMILES string of the molecule is NC1(C(=O)O)C=CC(c2cccc(O)c2)C=C1. The van der Waals surface area contributed by atoms with Crippen molar-refractivity contribution in [1.29, 1.82) is 0 Å². The zero-order valence-electron chi connectivity index (χ0n) is 9.08. The van der Waals surface area contributed by atoms with Crippen LogP contribution in [0.25, 0.3) is 0 Å². The lowest BCUT2D eigenvalue weighted by atomic mass is 9.87. The van der Waals surface area contributed by atoms with E-state index in [-0.39, 0.29) is 11.7 Å². The van der Waals surface area contributed by atoms with Gasteiger partial charge in [0.25, 0.3) is 0 Å². The average Bonchev–Trinajstić information content (AvgIpc) is 2.30. The molecule has 0 unspecified atom stereocenters. The van der Waals surface area contributed by atoms with Crippen LogP contribution in [0.15, 0.2) is 48.6 Å². The molecule has 0 atom stereocenters. The molecule has 0 radical (unpaired) electrons. The molecule has 4 nitrogen and oxygen atoms in total. The molecule has 2 rings (SSSR count). The van der Waals surface area contributed by atoms with Crippen LogP contribution in [-0.4, -0.2) is 21.7 Å². The third-order valence-corrected chi connectivity index (χ3v) is 2.78. The van der Waals surface area contributed by atoms with Crippen molar-refractivity contribution >= 4 is 5.97 Å². The van der Waals surface area contributed by atoms with Gasteiger partial charge in [-0.15, -0.1) is 0 Å². The van der Waals surface area contributed by atoms with Crippen LogP contribution in [0.1, 0.15) is 11.5 Å². The Morgan fingerprint density at radius 3 is 2.47 bits per heavy atom. The van der Waals surface area contributed by atoms with Crippen LogP contribution in [0.2, 0.25) is 0 Å². The molecule has 0 heterocycles. The molecule has 1 aromatic carbocycles. The maximum atomic E-state index is 10.9. The molecule has 0 aliphatic heterocycles. The van der Waals surface area contributed by atoms with E-state index in [1.807, 2.05) is 6.07 Å². The first-order valence-corrected chi connectivity index (χ1v) is 5.21. The molecular weight excluding hydrogens is 218 g/mol. The Balaban J connectivity index is 2.25. The summed E-state index contributed by atoms with van der Waals surface area (Å²) >= 11 is 0. The molecule has 0 fully saturated rings. The van der Waals surface area contributed by atoms with E-state index in [2.05, 4.69) is 0 Å². The van der Waals surface area contributed by atoms with Gasteiger partial charge in [-0.3, -0.25) is 0 Å². The summed E-state index contributed by atoms with van der Waals surface area (Å²) in [7, 11) is 0. The monoisotopic (exact) mass is 231 g/mol. The lowest BCUT2D eigenvalue weighted by Crippen LogP contribution is -2.45. The zero-order valence-corrected chi connectivity index (χ0v) is 9.08. The topological polar surface area (TPSA) is 83.6 Å². The van der Waals surface area contributed by atoms with Crippen molar-refractivity contribution < 1.29 is 15.0 Å². The standard InChI is InChI=1S/C13H13NO3/c14-13(12(16)17)6-4-9(5-7-13)10-2-1-3-11(15)8-10/h1-9,15H,14H2,(H,16,17). The van der Waals surface area contributed by atoms with Crippen LogP contribution < -0.4 is 5.73 Å². The normalized spacial score (nSPS) is 27.0. The summed E-state index contributed by atoms with van der Waals surface area (Å²) in [5, 5.41) is 18.3. The van der Waals surface area contributed by atoms with Gasteiger partial charge in [-0.1, -0.05) is 36.4 Å². The number of phenolic OH excluding ortho intramolecular Hbond substituents is 1. The molecule has 1 aliphatic carbocycles. The third-order valence-electron chi connectivity index (χ3n) is 2.78. The van der Waals surface area contributed by atoms with Crippen molar-refractivity contribution in [3.63, 3.8) is 0 Å². The number of nitrogens with two attached hydrogens (primary N) is 1. The van der Waals surface area contributed by atoms with Gasteiger partial charge >= 0.3 is 5.97 Å². The van der Waals surface area contributed by atoms with E-state index in [9.17, 15) is 9.90 Å². The summed E-state index contributed by atoms with van der Waals surface area (Å²) < 4.78 is 0. The number of rotatable bonds is 2. The number of carboxylic acids is 1. The molecule has 4 heteroatoms. The van der Waals surface area contributed by atoms with Crippen LogP contribution in [-0.2, 0) is 4.79 Å². The molecule has 0 saturated carbocycles. The van der Waals surface area contributed by atoms with Crippen LogP contribution in [0.4, 0.5) is 0 Å². The molecule has 1 aromatic rings. The minimum Gasteiger partial charge on any atom is -0.508 e. The van der Waals surface area contributed by atoms with Gasteiger partial charge in [-0.05, 0) is 17.7 Å². The Bertz CT molecular complexity index is 491. The van der Waals surface area contributed by atoms with Gasteiger partial charge in [-0.25, -0.2) is 4.79 Å². The Kier molecular flexibility index (Phi) is 2.73. The molecule has 17 heavy (non-hydrogen) atoms. The second-order valence-corrected chi connectivity index (χ2v) is 4.08. The molecule has 0 aromatic heterocycles. The van der Waals surface area contributed by atoms with E-state index in [1.54, 1.807) is 30.4 Å². The van der Waals surface area contributed by atoms with Crippen LogP contribution in [0, 0.1) is 0 Å². The highest BCUT2D eigenvalue weighted by molar-refractivity contribution is 5.84. The van der Waals surface area contributed by atoms with Crippen molar-refractivity contribution in [3.8, 4) is 5.75 Å². The molecule has 0 spiro atoms. The maximum Gasteiger partial charge on any atom is 0.331 e. The fourth-order valence-corrected chi connectivity index (χ4v) is 1.74. The van der Waals surface area contributed by atoms with Crippen molar-refractivity contribution in [2.24, 2.45) is 5.73 Å². The van der Waals surface area contributed by atoms with E-state index in [0.29, 0.717) is 0 Å². The van der Waals surface area contributed by atoms with Crippen LogP contribution >= 0.6 is 0 Å². The van der Waals surface area contributed by atoms with E-state index in [0.717, 1.165) is 5.56 Å². The van der Waals surface area contributed by atoms with Gasteiger partial charge in [-0.2, -0.15) is 0 Å². The minimum absolute atomic E-state index is 0.0573. The molecule has 0 bridgehead atoms. The zero-order chi connectivity index (χ0) is 12.5. The van der Waals surface area contributed by atoms with Crippen molar-refractivity contribution in [2.45, 2.75) is 11.5 Å². The number of hydrogen-bond donors (Lipinski definition) is 3. The van der Waals surface area contributed by atoms with E-state index in [4.69, 9.17) is 10.8 Å². The number of carbonyl (C=O) groups is 1. The van der Waals surface area contributed by atoms with Gasteiger partial charge in [0.05, 0.1) is 0 Å². The number of aliphatic carboxylic acids is 1. The highest BCUT2D eigenvalue weighted by Gasteiger charge is 2.30. The van der Waals surface area contributed by atoms with Crippen LogP contribution in [0.3, 0.4) is 0 Å². The van der Waals surface area contributed by atoms with Gasteiger partial charge in [0, 0.05) is 5.92 Å². The number of allylic oxidation sites excluding steroid dienone is 2. The van der Waals surface area contributed by atoms with Gasteiger partial charge in [0.2, 0.25) is 0 Å².